The summed E-state index contributed by atoms with van der Waals surface area (Å²) in [6.45, 7) is 2.96. The van der Waals surface area contributed by atoms with Gasteiger partial charge in [-0.15, -0.1) is 0 Å². The SMILES string of the molecule is CCCOc1ccc(NC(=O)CC2C(=O)N(c3ccc(F)cc3)C(=S)N2Cc2ccc(OC)cc2)cc1. The first kappa shape index (κ1) is 26.1. The van der Waals surface area contributed by atoms with Gasteiger partial charge in [-0.05, 0) is 84.9 Å². The van der Waals surface area contributed by atoms with Crippen LogP contribution in [-0.4, -0.2) is 41.6 Å². The van der Waals surface area contributed by atoms with E-state index < -0.39 is 11.9 Å². The molecule has 3 aromatic rings. The molecule has 7 nitrogen and oxygen atoms in total. The minimum atomic E-state index is -0.827. The molecule has 0 spiro atoms. The third-order valence-corrected chi connectivity index (χ3v) is 6.32. The van der Waals surface area contributed by atoms with Gasteiger partial charge in [0.15, 0.2) is 5.11 Å². The van der Waals surface area contributed by atoms with E-state index in [1.807, 2.05) is 31.2 Å². The second-order valence-corrected chi connectivity index (χ2v) is 8.91. The number of anilines is 2. The number of nitrogens with zero attached hydrogens (tertiary/aromatic N) is 2. The Kier molecular flexibility index (Phi) is 8.35. The van der Waals surface area contributed by atoms with Gasteiger partial charge in [0, 0.05) is 12.2 Å². The Labute approximate surface area is 220 Å². The summed E-state index contributed by atoms with van der Waals surface area (Å²) in [6.07, 6.45) is 0.790. The fraction of sp³-hybridized carbons (Fsp3) is 0.250. The highest BCUT2D eigenvalue weighted by atomic mass is 32.1. The smallest absolute Gasteiger partial charge is 0.256 e. The summed E-state index contributed by atoms with van der Waals surface area (Å²) in [4.78, 5) is 29.6. The number of carbonyl (C=O) groups is 2. The summed E-state index contributed by atoms with van der Waals surface area (Å²) in [6, 6.07) is 19.2. The van der Waals surface area contributed by atoms with Gasteiger partial charge >= 0.3 is 0 Å². The zero-order valence-corrected chi connectivity index (χ0v) is 21.5. The van der Waals surface area contributed by atoms with Crippen molar-refractivity contribution in [1.29, 1.82) is 0 Å². The number of hydrogen-bond acceptors (Lipinski definition) is 5. The molecule has 2 amide bonds. The van der Waals surface area contributed by atoms with Gasteiger partial charge in [0.05, 0.1) is 25.8 Å². The van der Waals surface area contributed by atoms with Crippen LogP contribution in [0.3, 0.4) is 0 Å². The number of ether oxygens (including phenoxy) is 2. The maximum Gasteiger partial charge on any atom is 0.256 e. The van der Waals surface area contributed by atoms with Crippen molar-refractivity contribution < 1.29 is 23.5 Å². The topological polar surface area (TPSA) is 71.1 Å². The lowest BCUT2D eigenvalue weighted by Gasteiger charge is -2.24. The summed E-state index contributed by atoms with van der Waals surface area (Å²) in [5.74, 6) is 0.335. The summed E-state index contributed by atoms with van der Waals surface area (Å²) >= 11 is 5.68. The first-order valence-corrected chi connectivity index (χ1v) is 12.4. The molecule has 192 valence electrons. The number of benzene rings is 3. The van der Waals surface area contributed by atoms with Crippen LogP contribution in [0, 0.1) is 5.82 Å². The lowest BCUT2D eigenvalue weighted by atomic mass is 10.1. The molecule has 1 saturated heterocycles. The van der Waals surface area contributed by atoms with Gasteiger partial charge in [-0.25, -0.2) is 4.39 Å². The van der Waals surface area contributed by atoms with Crippen LogP contribution in [0.1, 0.15) is 25.3 Å². The van der Waals surface area contributed by atoms with Crippen molar-refractivity contribution in [3.63, 3.8) is 0 Å². The number of methoxy groups -OCH3 is 1. The summed E-state index contributed by atoms with van der Waals surface area (Å²) < 4.78 is 24.3. The summed E-state index contributed by atoms with van der Waals surface area (Å²) in [7, 11) is 1.59. The highest BCUT2D eigenvalue weighted by Gasteiger charge is 2.44. The second kappa shape index (κ2) is 11.8. The molecule has 1 atom stereocenters. The van der Waals surface area contributed by atoms with E-state index in [9.17, 15) is 14.0 Å². The molecule has 0 aliphatic carbocycles. The van der Waals surface area contributed by atoms with E-state index in [1.165, 1.54) is 29.2 Å². The average Bonchev–Trinajstić information content (AvgIpc) is 3.13. The predicted octanol–water partition coefficient (Wildman–Crippen LogP) is 5.15. The number of nitrogens with one attached hydrogen (secondary N) is 1. The van der Waals surface area contributed by atoms with Crippen molar-refractivity contribution in [1.82, 2.24) is 4.90 Å². The van der Waals surface area contributed by atoms with Crippen molar-refractivity contribution in [2.45, 2.75) is 32.4 Å². The van der Waals surface area contributed by atoms with Crippen LogP contribution in [0.5, 0.6) is 11.5 Å². The molecule has 1 aliphatic heterocycles. The number of rotatable bonds is 10. The zero-order chi connectivity index (χ0) is 26.4. The van der Waals surface area contributed by atoms with Crippen LogP contribution in [0.25, 0.3) is 0 Å². The van der Waals surface area contributed by atoms with E-state index in [-0.39, 0.29) is 23.3 Å². The van der Waals surface area contributed by atoms with Crippen molar-refractivity contribution in [3.8, 4) is 11.5 Å². The second-order valence-electron chi connectivity index (χ2n) is 8.55. The van der Waals surface area contributed by atoms with Gasteiger partial charge in [0.25, 0.3) is 5.91 Å². The molecule has 1 aliphatic rings. The Morgan fingerprint density at radius 1 is 1.00 bits per heavy atom. The predicted molar refractivity (Wildman–Crippen MR) is 144 cm³/mol. The average molecular weight is 522 g/mol. The Morgan fingerprint density at radius 2 is 1.65 bits per heavy atom. The third kappa shape index (κ3) is 6.24. The maximum absolute atomic E-state index is 13.5. The molecule has 0 saturated carbocycles. The van der Waals surface area contributed by atoms with Crippen LogP contribution in [0.4, 0.5) is 15.8 Å². The first-order valence-electron chi connectivity index (χ1n) is 12.0. The number of hydrogen-bond donors (Lipinski definition) is 1. The number of halogens is 1. The lowest BCUT2D eigenvalue weighted by Crippen LogP contribution is -2.37. The minimum absolute atomic E-state index is 0.110. The Bertz CT molecular complexity index is 1250. The van der Waals surface area contributed by atoms with Gasteiger partial charge in [0.1, 0.15) is 23.4 Å². The van der Waals surface area contributed by atoms with Crippen molar-refractivity contribution in [2.24, 2.45) is 0 Å². The molecule has 0 radical (unpaired) electrons. The van der Waals surface area contributed by atoms with Gasteiger partial charge in [-0.2, -0.15) is 0 Å². The molecule has 1 unspecified atom stereocenters. The van der Waals surface area contributed by atoms with Gasteiger partial charge in [0.2, 0.25) is 5.91 Å². The zero-order valence-electron chi connectivity index (χ0n) is 20.6. The fourth-order valence-corrected chi connectivity index (χ4v) is 4.40. The Morgan fingerprint density at radius 3 is 2.27 bits per heavy atom. The molecule has 0 aromatic heterocycles. The van der Waals surface area contributed by atoms with Gasteiger partial charge < -0.3 is 19.7 Å². The number of amides is 2. The molecule has 0 bridgehead atoms. The van der Waals surface area contributed by atoms with Crippen molar-refractivity contribution in [2.75, 3.05) is 23.9 Å². The van der Waals surface area contributed by atoms with E-state index >= 15 is 0 Å². The van der Waals surface area contributed by atoms with E-state index in [1.54, 1.807) is 36.3 Å². The summed E-state index contributed by atoms with van der Waals surface area (Å²) in [5, 5.41) is 3.10. The normalized spacial score (nSPS) is 15.2. The monoisotopic (exact) mass is 521 g/mol. The van der Waals surface area contributed by atoms with Crippen LogP contribution in [-0.2, 0) is 16.1 Å². The molecule has 1 fully saturated rings. The number of thiocarbonyl (C=S) groups is 1. The summed E-state index contributed by atoms with van der Waals surface area (Å²) in [5.41, 5.74) is 1.94. The van der Waals surface area contributed by atoms with Crippen LogP contribution < -0.4 is 19.7 Å². The number of carbonyl (C=O) groups excluding carboxylic acids is 2. The standard InChI is InChI=1S/C28H28FN3O4S/c1-3-16-36-24-14-8-21(9-15-24)30-26(33)17-25-27(34)32(22-10-6-20(29)7-11-22)28(37)31(25)18-19-4-12-23(35-2)13-5-19/h4-15,25H,3,16-18H2,1-2H3,(H,30,33). The third-order valence-electron chi connectivity index (χ3n) is 5.91. The molecule has 1 heterocycles. The highest BCUT2D eigenvalue weighted by Crippen LogP contribution is 2.29. The Balaban J connectivity index is 1.53. The van der Waals surface area contributed by atoms with E-state index in [0.717, 1.165) is 17.7 Å². The maximum atomic E-state index is 13.5. The molecular weight excluding hydrogens is 493 g/mol. The van der Waals surface area contributed by atoms with E-state index in [0.29, 0.717) is 30.3 Å². The molecule has 3 aromatic carbocycles. The van der Waals surface area contributed by atoms with Gasteiger partial charge in [-0.3, -0.25) is 14.5 Å². The van der Waals surface area contributed by atoms with E-state index in [2.05, 4.69) is 5.32 Å². The largest absolute Gasteiger partial charge is 0.497 e. The molecular formula is C28H28FN3O4S. The van der Waals surface area contributed by atoms with Crippen molar-refractivity contribution in [3.05, 3.63) is 84.2 Å². The quantitative estimate of drug-likeness (QED) is 0.372. The molecule has 1 N–H and O–H groups in total. The van der Waals surface area contributed by atoms with Crippen molar-refractivity contribution >= 4 is 40.5 Å². The fourth-order valence-electron chi connectivity index (χ4n) is 4.01. The van der Waals surface area contributed by atoms with E-state index in [4.69, 9.17) is 21.7 Å². The van der Waals surface area contributed by atoms with Crippen LogP contribution in [0.2, 0.25) is 0 Å². The lowest BCUT2D eigenvalue weighted by molar-refractivity contribution is -0.124. The van der Waals surface area contributed by atoms with Crippen LogP contribution >= 0.6 is 12.2 Å². The Hall–Kier alpha value is -3.98. The van der Waals surface area contributed by atoms with Crippen LogP contribution in [0.15, 0.2) is 72.8 Å². The molecule has 9 heteroatoms. The van der Waals surface area contributed by atoms with Gasteiger partial charge in [-0.1, -0.05) is 19.1 Å². The highest BCUT2D eigenvalue weighted by molar-refractivity contribution is 7.80. The molecule has 37 heavy (non-hydrogen) atoms. The minimum Gasteiger partial charge on any atom is -0.497 e. The first-order chi connectivity index (χ1) is 17.9. The molecule has 4 rings (SSSR count).